The number of hydrogen-bond acceptors (Lipinski definition) is 3. The molecule has 1 aromatic carbocycles. The maximum absolute atomic E-state index is 5.96. The molecule has 3 heteroatoms. The van der Waals surface area contributed by atoms with Crippen molar-refractivity contribution in [2.45, 2.75) is 26.3 Å². The maximum atomic E-state index is 5.96. The molecule has 0 radical (unpaired) electrons. The zero-order valence-electron chi connectivity index (χ0n) is 12.5. The van der Waals surface area contributed by atoms with Gasteiger partial charge in [0.15, 0.2) is 0 Å². The second-order valence-corrected chi connectivity index (χ2v) is 5.07. The number of pyridine rings is 1. The van der Waals surface area contributed by atoms with Crippen LogP contribution in [0.3, 0.4) is 0 Å². The van der Waals surface area contributed by atoms with E-state index >= 15 is 0 Å². The second-order valence-electron chi connectivity index (χ2n) is 5.07. The number of benzene rings is 1. The Morgan fingerprint density at radius 3 is 2.71 bits per heavy atom. The molecule has 3 nitrogen and oxygen atoms in total. The third-order valence-electron chi connectivity index (χ3n) is 3.70. The van der Waals surface area contributed by atoms with Gasteiger partial charge >= 0.3 is 0 Å². The van der Waals surface area contributed by atoms with Crippen molar-refractivity contribution >= 4 is 10.9 Å². The van der Waals surface area contributed by atoms with Crippen LogP contribution in [0.2, 0.25) is 0 Å². The van der Waals surface area contributed by atoms with E-state index in [0.717, 1.165) is 41.0 Å². The Morgan fingerprint density at radius 2 is 1.95 bits per heavy atom. The predicted molar refractivity (Wildman–Crippen MR) is 85.3 cm³/mol. The van der Waals surface area contributed by atoms with Crippen LogP contribution in [0.15, 0.2) is 53.1 Å². The van der Waals surface area contributed by atoms with Crippen molar-refractivity contribution in [1.29, 1.82) is 0 Å². The number of nitrogens with zero attached hydrogens (tertiary/aromatic N) is 1. The quantitative estimate of drug-likeness (QED) is 0.765. The molecule has 1 atom stereocenters. The van der Waals surface area contributed by atoms with E-state index in [2.05, 4.69) is 60.5 Å². The molecule has 0 saturated heterocycles. The molecule has 108 valence electrons. The standard InChI is InChI=1S/C18H20N2O/c1-3-14-10-11-16(21-14)18(19-4-2)15-9-5-7-13-8-6-12-20-17(13)15/h5-12,18-19H,3-4H2,1-2H3. The van der Waals surface area contributed by atoms with Gasteiger partial charge in [-0.1, -0.05) is 38.1 Å². The molecule has 3 aromatic rings. The topological polar surface area (TPSA) is 38.1 Å². The van der Waals surface area contributed by atoms with Crippen LogP contribution in [0.5, 0.6) is 0 Å². The molecule has 3 rings (SSSR count). The van der Waals surface area contributed by atoms with E-state index in [1.165, 1.54) is 0 Å². The van der Waals surface area contributed by atoms with Crippen molar-refractivity contribution in [2.24, 2.45) is 0 Å². The van der Waals surface area contributed by atoms with Gasteiger partial charge in [0.2, 0.25) is 0 Å². The molecular weight excluding hydrogens is 260 g/mol. The van der Waals surface area contributed by atoms with E-state index < -0.39 is 0 Å². The molecule has 0 aliphatic heterocycles. The lowest BCUT2D eigenvalue weighted by Crippen LogP contribution is -2.22. The number of aromatic nitrogens is 1. The lowest BCUT2D eigenvalue weighted by molar-refractivity contribution is 0.426. The summed E-state index contributed by atoms with van der Waals surface area (Å²) in [5.41, 5.74) is 2.19. The van der Waals surface area contributed by atoms with Gasteiger partial charge in [-0.05, 0) is 24.7 Å². The van der Waals surface area contributed by atoms with Crippen molar-refractivity contribution in [1.82, 2.24) is 10.3 Å². The van der Waals surface area contributed by atoms with Crippen LogP contribution in [-0.4, -0.2) is 11.5 Å². The summed E-state index contributed by atoms with van der Waals surface area (Å²) in [5, 5.41) is 4.66. The zero-order chi connectivity index (χ0) is 14.7. The number of furan rings is 1. The third kappa shape index (κ3) is 2.69. The molecule has 21 heavy (non-hydrogen) atoms. The number of fused-ring (bicyclic) bond motifs is 1. The molecule has 1 N–H and O–H groups in total. The Bertz CT molecular complexity index is 727. The van der Waals surface area contributed by atoms with Gasteiger partial charge in [-0.2, -0.15) is 0 Å². The van der Waals surface area contributed by atoms with E-state index in [4.69, 9.17) is 4.42 Å². The summed E-state index contributed by atoms with van der Waals surface area (Å²) in [7, 11) is 0. The van der Waals surface area contributed by atoms with Crippen LogP contribution in [0, 0.1) is 0 Å². The Hall–Kier alpha value is -2.13. The van der Waals surface area contributed by atoms with Crippen LogP contribution >= 0.6 is 0 Å². The average Bonchev–Trinajstić information content (AvgIpc) is 3.01. The summed E-state index contributed by atoms with van der Waals surface area (Å²) in [5.74, 6) is 1.97. The normalized spacial score (nSPS) is 12.7. The minimum Gasteiger partial charge on any atom is -0.464 e. The van der Waals surface area contributed by atoms with Crippen LogP contribution in [0.1, 0.15) is 37.0 Å². The Balaban J connectivity index is 2.11. The molecule has 0 fully saturated rings. The summed E-state index contributed by atoms with van der Waals surface area (Å²) in [6.07, 6.45) is 2.75. The van der Waals surface area contributed by atoms with Crippen molar-refractivity contribution in [3.8, 4) is 0 Å². The highest BCUT2D eigenvalue weighted by atomic mass is 16.3. The molecule has 0 spiro atoms. The van der Waals surface area contributed by atoms with E-state index in [1.54, 1.807) is 0 Å². The van der Waals surface area contributed by atoms with Crippen LogP contribution in [0.25, 0.3) is 10.9 Å². The lowest BCUT2D eigenvalue weighted by atomic mass is 10.0. The van der Waals surface area contributed by atoms with E-state index in [1.807, 2.05) is 12.3 Å². The highest BCUT2D eigenvalue weighted by Gasteiger charge is 2.19. The van der Waals surface area contributed by atoms with Gasteiger partial charge in [-0.15, -0.1) is 0 Å². The molecule has 2 heterocycles. The number of para-hydroxylation sites is 1. The Labute approximate surface area is 125 Å². The van der Waals surface area contributed by atoms with Crippen molar-refractivity contribution in [2.75, 3.05) is 6.54 Å². The molecule has 0 aliphatic carbocycles. The number of rotatable bonds is 5. The van der Waals surface area contributed by atoms with Gasteiger partial charge < -0.3 is 9.73 Å². The fourth-order valence-corrected chi connectivity index (χ4v) is 2.67. The van der Waals surface area contributed by atoms with Gasteiger partial charge in [0, 0.05) is 23.6 Å². The van der Waals surface area contributed by atoms with Gasteiger partial charge in [0.1, 0.15) is 11.5 Å². The summed E-state index contributed by atoms with van der Waals surface area (Å²) >= 11 is 0. The molecule has 0 saturated carbocycles. The third-order valence-corrected chi connectivity index (χ3v) is 3.70. The van der Waals surface area contributed by atoms with Crippen molar-refractivity contribution < 1.29 is 4.42 Å². The molecule has 2 aromatic heterocycles. The summed E-state index contributed by atoms with van der Waals surface area (Å²) in [6.45, 7) is 5.08. The fourth-order valence-electron chi connectivity index (χ4n) is 2.67. The lowest BCUT2D eigenvalue weighted by Gasteiger charge is -2.17. The first kappa shape index (κ1) is 13.8. The van der Waals surface area contributed by atoms with Crippen LogP contribution in [-0.2, 0) is 6.42 Å². The highest BCUT2D eigenvalue weighted by molar-refractivity contribution is 5.82. The molecule has 0 bridgehead atoms. The summed E-state index contributed by atoms with van der Waals surface area (Å²) in [6, 6.07) is 14.5. The minimum atomic E-state index is 0.0360. The van der Waals surface area contributed by atoms with Crippen molar-refractivity contribution in [3.63, 3.8) is 0 Å². The van der Waals surface area contributed by atoms with Gasteiger partial charge in [-0.3, -0.25) is 4.98 Å². The first-order valence-corrected chi connectivity index (χ1v) is 7.49. The molecular formula is C18H20N2O. The predicted octanol–water partition coefficient (Wildman–Crippen LogP) is 4.09. The molecule has 0 amide bonds. The summed E-state index contributed by atoms with van der Waals surface area (Å²) < 4.78 is 5.96. The SMILES string of the molecule is CCNC(c1ccc(CC)o1)c1cccc2cccnc12. The first-order chi connectivity index (χ1) is 10.3. The monoisotopic (exact) mass is 280 g/mol. The number of hydrogen-bond donors (Lipinski definition) is 1. The van der Waals surface area contributed by atoms with Crippen LogP contribution in [0.4, 0.5) is 0 Å². The largest absolute Gasteiger partial charge is 0.464 e. The van der Waals surface area contributed by atoms with Gasteiger partial charge in [0.25, 0.3) is 0 Å². The maximum Gasteiger partial charge on any atom is 0.125 e. The minimum absolute atomic E-state index is 0.0360. The second kappa shape index (κ2) is 6.10. The van der Waals surface area contributed by atoms with Gasteiger partial charge in [-0.25, -0.2) is 0 Å². The van der Waals surface area contributed by atoms with Gasteiger partial charge in [0.05, 0.1) is 11.6 Å². The molecule has 0 aliphatic rings. The fraction of sp³-hybridized carbons (Fsp3) is 0.278. The van der Waals surface area contributed by atoms with E-state index in [-0.39, 0.29) is 6.04 Å². The summed E-state index contributed by atoms with van der Waals surface area (Å²) in [4.78, 5) is 4.56. The van der Waals surface area contributed by atoms with E-state index in [9.17, 15) is 0 Å². The first-order valence-electron chi connectivity index (χ1n) is 7.49. The molecule has 1 unspecified atom stereocenters. The highest BCUT2D eigenvalue weighted by Crippen LogP contribution is 2.29. The van der Waals surface area contributed by atoms with Crippen molar-refractivity contribution in [3.05, 3.63) is 65.7 Å². The smallest absolute Gasteiger partial charge is 0.125 e. The zero-order valence-corrected chi connectivity index (χ0v) is 12.5. The van der Waals surface area contributed by atoms with E-state index in [0.29, 0.717) is 0 Å². The Morgan fingerprint density at radius 1 is 1.10 bits per heavy atom. The average molecular weight is 280 g/mol. The Kier molecular flexibility index (Phi) is 4.02. The van der Waals surface area contributed by atoms with Crippen LogP contribution < -0.4 is 5.32 Å². The number of nitrogens with one attached hydrogen (secondary N) is 1. The number of aryl methyl sites for hydroxylation is 1.